The molecule has 4 aromatic carbocycles. The van der Waals surface area contributed by atoms with E-state index < -0.39 is 11.9 Å². The number of aromatic nitrogens is 4. The molecular weight excluding hydrogens is 776 g/mol. The van der Waals surface area contributed by atoms with E-state index in [1.54, 1.807) is 35.4 Å². The Bertz CT molecular complexity index is 2040. The van der Waals surface area contributed by atoms with Crippen LogP contribution in [0.5, 0.6) is 23.0 Å². The summed E-state index contributed by atoms with van der Waals surface area (Å²) in [7, 11) is 6.61. The molecule has 2 N–H and O–H groups in total. The van der Waals surface area contributed by atoms with Gasteiger partial charge in [-0.25, -0.2) is 29.5 Å². The summed E-state index contributed by atoms with van der Waals surface area (Å²) < 4.78 is 25.4. The van der Waals surface area contributed by atoms with Crippen LogP contribution in [0, 0.1) is 0 Å². The van der Waals surface area contributed by atoms with Crippen molar-refractivity contribution >= 4 is 29.5 Å². The molecule has 0 bridgehead atoms. The second-order valence-corrected chi connectivity index (χ2v) is 12.7. The van der Waals surface area contributed by atoms with E-state index in [0.717, 1.165) is 47.2 Å². The van der Waals surface area contributed by atoms with E-state index in [2.05, 4.69) is 49.5 Å². The van der Waals surface area contributed by atoms with E-state index >= 15 is 0 Å². The maximum Gasteiger partial charge on any atom is 0.341 e. The number of hydrogen-bond donors (Lipinski definition) is 2. The van der Waals surface area contributed by atoms with Gasteiger partial charge in [-0.3, -0.25) is 0 Å². The summed E-state index contributed by atoms with van der Waals surface area (Å²) in [5, 5.41) is 12.6. The lowest BCUT2D eigenvalue weighted by Gasteiger charge is -2.23. The number of esters is 1. The van der Waals surface area contributed by atoms with Crippen LogP contribution in [0.2, 0.25) is 5.28 Å². The number of methoxy groups -OCH3 is 4. The summed E-state index contributed by atoms with van der Waals surface area (Å²) in [5.41, 5.74) is 4.96. The Morgan fingerprint density at radius 1 is 0.576 bits per heavy atom. The fourth-order valence-electron chi connectivity index (χ4n) is 5.17. The summed E-state index contributed by atoms with van der Waals surface area (Å²) in [4.78, 5) is 39.8. The second-order valence-electron chi connectivity index (χ2n) is 12.4. The van der Waals surface area contributed by atoms with Gasteiger partial charge in [0.2, 0.25) is 11.2 Å². The fourth-order valence-corrected chi connectivity index (χ4v) is 5.26. The first kappa shape index (κ1) is 44.9. The predicted molar refractivity (Wildman–Crippen MR) is 224 cm³/mol. The molecule has 6 rings (SSSR count). The molecule has 308 valence electrons. The third kappa shape index (κ3) is 15.3. The van der Waals surface area contributed by atoms with Crippen LogP contribution in [0.3, 0.4) is 0 Å². The minimum absolute atomic E-state index is 0.0533. The highest BCUT2D eigenvalue weighted by Gasteiger charge is 2.14. The highest BCUT2D eigenvalue weighted by molar-refractivity contribution is 6.28. The lowest BCUT2D eigenvalue weighted by Crippen LogP contribution is -2.24. The molecule has 0 spiro atoms. The maximum atomic E-state index is 11.1. The van der Waals surface area contributed by atoms with Gasteiger partial charge in [0.1, 0.15) is 23.0 Å². The molecule has 15 heteroatoms. The van der Waals surface area contributed by atoms with Gasteiger partial charge in [-0.1, -0.05) is 48.5 Å². The number of nitrogens with one attached hydrogen (secondary N) is 1. The van der Waals surface area contributed by atoms with E-state index in [9.17, 15) is 9.59 Å². The van der Waals surface area contributed by atoms with E-state index in [4.69, 9.17) is 40.4 Å². The van der Waals surface area contributed by atoms with Gasteiger partial charge in [-0.2, -0.15) is 0 Å². The van der Waals surface area contributed by atoms with Crippen molar-refractivity contribution in [3.63, 3.8) is 0 Å². The summed E-state index contributed by atoms with van der Waals surface area (Å²) in [6.45, 7) is 4.87. The second kappa shape index (κ2) is 24.1. The summed E-state index contributed by atoms with van der Waals surface area (Å²) in [6, 6.07) is 31.7. The molecule has 0 aliphatic rings. The van der Waals surface area contributed by atoms with Crippen molar-refractivity contribution in [2.45, 2.75) is 33.1 Å². The zero-order chi connectivity index (χ0) is 42.4. The Hall–Kier alpha value is -6.77. The van der Waals surface area contributed by atoms with E-state index in [-0.39, 0.29) is 10.8 Å². The predicted octanol–water partition coefficient (Wildman–Crippen LogP) is 7.70. The van der Waals surface area contributed by atoms with Gasteiger partial charge >= 0.3 is 11.9 Å². The fraction of sp³-hybridized carbons (Fsp3) is 0.227. The van der Waals surface area contributed by atoms with Crippen LogP contribution >= 0.6 is 11.6 Å². The lowest BCUT2D eigenvalue weighted by molar-refractivity contribution is 0.0524. The first-order chi connectivity index (χ1) is 28.6. The molecule has 2 heterocycles. The zero-order valence-corrected chi connectivity index (χ0v) is 34.3. The topological polar surface area (TPSA) is 167 Å². The molecule has 0 atom stereocenters. The largest absolute Gasteiger partial charge is 0.497 e. The number of carbonyl (C=O) groups is 2. The Morgan fingerprint density at radius 2 is 0.932 bits per heavy atom. The van der Waals surface area contributed by atoms with Crippen LogP contribution in [0.1, 0.15) is 49.9 Å². The number of anilines is 1. The number of hydrogen-bond acceptors (Lipinski definition) is 13. The van der Waals surface area contributed by atoms with Crippen LogP contribution in [0.25, 0.3) is 0 Å². The van der Waals surface area contributed by atoms with Crippen molar-refractivity contribution < 1.29 is 38.4 Å². The quantitative estimate of drug-likeness (QED) is 0.0720. The molecule has 0 unspecified atom stereocenters. The van der Waals surface area contributed by atoms with Crippen molar-refractivity contribution in [2.24, 2.45) is 0 Å². The molecule has 0 fully saturated rings. The smallest absolute Gasteiger partial charge is 0.341 e. The van der Waals surface area contributed by atoms with Gasteiger partial charge in [0.25, 0.3) is 0 Å². The molecule has 0 saturated heterocycles. The molecule has 0 radical (unpaired) electrons. The van der Waals surface area contributed by atoms with Crippen molar-refractivity contribution in [1.29, 1.82) is 0 Å². The lowest BCUT2D eigenvalue weighted by atomic mass is 10.1. The van der Waals surface area contributed by atoms with Gasteiger partial charge in [0.05, 0.1) is 46.2 Å². The average Bonchev–Trinajstić information content (AvgIpc) is 3.28. The number of carboxylic acids is 1. The first-order valence-corrected chi connectivity index (χ1v) is 18.7. The number of nitrogens with zero attached hydrogens (tertiary/aromatic N) is 5. The van der Waals surface area contributed by atoms with Crippen molar-refractivity contribution in [3.8, 4) is 23.0 Å². The van der Waals surface area contributed by atoms with Gasteiger partial charge in [0, 0.05) is 51.0 Å². The third-order valence-electron chi connectivity index (χ3n) is 8.34. The molecule has 59 heavy (non-hydrogen) atoms. The minimum atomic E-state index is -1.05. The number of ether oxygens (including phenoxy) is 5. The van der Waals surface area contributed by atoms with Crippen LogP contribution in [0.4, 0.5) is 5.95 Å². The van der Waals surface area contributed by atoms with E-state index in [1.807, 2.05) is 77.7 Å². The SMILES string of the molecule is CCOC(=O)c1cnc(Cl)nc1.COc1ccc(CN(Cc2ccc(OC)cc2)c2ncc(C(=O)O)cn2)cc1.COc1ccc(CNCc2ccc(OC)cc2)cc1. The Labute approximate surface area is 348 Å². The molecule has 0 aliphatic heterocycles. The van der Waals surface area contributed by atoms with Crippen molar-refractivity contribution in [3.05, 3.63) is 161 Å². The van der Waals surface area contributed by atoms with E-state index in [1.165, 1.54) is 35.9 Å². The van der Waals surface area contributed by atoms with Gasteiger partial charge in [-0.15, -0.1) is 0 Å². The van der Waals surface area contributed by atoms with Crippen LogP contribution in [-0.4, -0.2) is 72.0 Å². The number of carboxylic acid groups (broad SMARTS) is 1. The number of benzene rings is 4. The van der Waals surface area contributed by atoms with Crippen LogP contribution in [-0.2, 0) is 30.9 Å². The standard InChI is InChI=1S/C21H21N3O4.C16H19NO2.C7H7ClN2O2/c1-27-18-7-3-15(4-8-18)13-24(14-16-5-9-19(28-2)10-6-16)21-22-11-17(12-23-21)20(25)26;1-18-15-7-3-13(4-8-15)11-17-12-14-5-9-16(19-2)10-6-14;1-2-12-6(11)5-3-9-7(8)10-4-5/h3-12H,13-14H2,1-2H3,(H,25,26);3-10,17H,11-12H2,1-2H3;3-4H,2H2,1H3. The maximum absolute atomic E-state index is 11.1. The zero-order valence-electron chi connectivity index (χ0n) is 33.5. The monoisotopic (exact) mass is 822 g/mol. The number of aromatic carboxylic acids is 1. The third-order valence-corrected chi connectivity index (χ3v) is 8.54. The molecule has 0 saturated carbocycles. The van der Waals surface area contributed by atoms with Crippen molar-refractivity contribution in [1.82, 2.24) is 25.3 Å². The first-order valence-electron chi connectivity index (χ1n) is 18.3. The Balaban J connectivity index is 0.000000214. The molecular formula is C44H47ClN6O8. The molecule has 0 aliphatic carbocycles. The minimum Gasteiger partial charge on any atom is -0.497 e. The Morgan fingerprint density at radius 3 is 1.27 bits per heavy atom. The molecule has 14 nitrogen and oxygen atoms in total. The summed E-state index contributed by atoms with van der Waals surface area (Å²) in [6.07, 6.45) is 5.29. The summed E-state index contributed by atoms with van der Waals surface area (Å²) >= 11 is 5.42. The van der Waals surface area contributed by atoms with Crippen molar-refractivity contribution in [2.75, 3.05) is 39.9 Å². The highest BCUT2D eigenvalue weighted by Crippen LogP contribution is 2.20. The highest BCUT2D eigenvalue weighted by atomic mass is 35.5. The molecule has 2 aromatic heterocycles. The van der Waals surface area contributed by atoms with Crippen LogP contribution < -0.4 is 29.2 Å². The number of rotatable bonds is 16. The number of halogens is 1. The normalized spacial score (nSPS) is 10.1. The van der Waals surface area contributed by atoms with E-state index in [0.29, 0.717) is 31.2 Å². The number of carbonyl (C=O) groups excluding carboxylic acids is 1. The van der Waals surface area contributed by atoms with Gasteiger partial charge in [0.15, 0.2) is 0 Å². The summed E-state index contributed by atoms with van der Waals surface area (Å²) in [5.74, 6) is 2.31. The average molecular weight is 823 g/mol. The molecule has 0 amide bonds. The molecule has 6 aromatic rings. The van der Waals surface area contributed by atoms with Gasteiger partial charge < -0.3 is 39.0 Å². The van der Waals surface area contributed by atoms with Gasteiger partial charge in [-0.05, 0) is 89.3 Å². The Kier molecular flexibility index (Phi) is 18.4. The van der Waals surface area contributed by atoms with Crippen LogP contribution in [0.15, 0.2) is 122 Å².